The zero-order valence-electron chi connectivity index (χ0n) is 21.9. The first-order chi connectivity index (χ1) is 17.8. The monoisotopic (exact) mass is 548 g/mol. The summed E-state index contributed by atoms with van der Waals surface area (Å²) in [4.78, 5) is 17.8. The molecule has 0 radical (unpaired) electrons. The Hall–Kier alpha value is -2.74. The number of Topliss-reactive ketones (excluding diaryl/α,β-unsaturated/α-hetero) is 1. The van der Waals surface area contributed by atoms with Crippen LogP contribution in [0.15, 0.2) is 24.4 Å². The number of ether oxygens (including phenoxy) is 1. The maximum atomic E-state index is 15.1. The molecule has 0 saturated carbocycles. The first kappa shape index (κ1) is 28.3. The Bertz CT molecular complexity index is 1270. The summed E-state index contributed by atoms with van der Waals surface area (Å²) >= 11 is 0. The average Bonchev–Trinajstić information content (AvgIpc) is 3.08. The van der Waals surface area contributed by atoms with E-state index < -0.39 is 63.7 Å². The maximum absolute atomic E-state index is 15.1. The predicted octanol–water partition coefficient (Wildman–Crippen LogP) is 3.55. The number of carbonyl (C=O) groups is 1. The van der Waals surface area contributed by atoms with Gasteiger partial charge in [0.1, 0.15) is 40.2 Å². The van der Waals surface area contributed by atoms with Crippen LogP contribution in [0.2, 0.25) is 0 Å². The van der Waals surface area contributed by atoms with E-state index in [0.29, 0.717) is 18.5 Å². The van der Waals surface area contributed by atoms with E-state index in [2.05, 4.69) is 15.0 Å². The van der Waals surface area contributed by atoms with Crippen LogP contribution in [-0.4, -0.2) is 58.1 Å². The van der Waals surface area contributed by atoms with E-state index >= 15 is 4.39 Å². The van der Waals surface area contributed by atoms with Crippen LogP contribution in [-0.2, 0) is 25.0 Å². The van der Waals surface area contributed by atoms with Crippen LogP contribution in [0.3, 0.4) is 0 Å². The fourth-order valence-electron chi connectivity index (χ4n) is 4.12. The normalized spacial score (nSPS) is 21.1. The number of hydrogen-bond donors (Lipinski definition) is 3. The SMILES string of the molecule is CS(=O)Nc1c(F)ccc(C(=O)C(=N)c2cc(B3OC(C)(C)C(C)(C)O3)cnc2NC2CCCCO2)c1F. The number of hydrogen-bond acceptors (Lipinski definition) is 8. The Morgan fingerprint density at radius 2 is 1.84 bits per heavy atom. The molecule has 9 nitrogen and oxygen atoms in total. The molecule has 1 aromatic heterocycles. The van der Waals surface area contributed by atoms with Crippen molar-refractivity contribution < 1.29 is 31.8 Å². The number of pyridine rings is 1. The van der Waals surface area contributed by atoms with Crippen LogP contribution in [0.25, 0.3) is 0 Å². The molecule has 3 N–H and O–H groups in total. The van der Waals surface area contributed by atoms with Gasteiger partial charge >= 0.3 is 7.12 Å². The molecule has 38 heavy (non-hydrogen) atoms. The lowest BCUT2D eigenvalue weighted by Gasteiger charge is -2.32. The highest BCUT2D eigenvalue weighted by Crippen LogP contribution is 2.36. The molecule has 2 aromatic rings. The number of nitrogens with zero attached hydrogens (tertiary/aromatic N) is 1. The third kappa shape index (κ3) is 5.65. The summed E-state index contributed by atoms with van der Waals surface area (Å²) in [6, 6.07) is 3.38. The van der Waals surface area contributed by atoms with Gasteiger partial charge in [0, 0.05) is 30.1 Å². The molecule has 0 amide bonds. The van der Waals surface area contributed by atoms with Crippen LogP contribution >= 0.6 is 0 Å². The Morgan fingerprint density at radius 1 is 1.16 bits per heavy atom. The Kier molecular flexibility index (Phi) is 8.03. The number of rotatable bonds is 8. The summed E-state index contributed by atoms with van der Waals surface area (Å²) in [6.45, 7) is 8.15. The molecule has 2 fully saturated rings. The van der Waals surface area contributed by atoms with Crippen LogP contribution in [0.1, 0.15) is 62.9 Å². The van der Waals surface area contributed by atoms with Crippen molar-refractivity contribution in [2.24, 2.45) is 0 Å². The number of halogens is 2. The minimum absolute atomic E-state index is 0.0775. The quantitative estimate of drug-likeness (QED) is 0.262. The zero-order valence-corrected chi connectivity index (χ0v) is 22.8. The second-order valence-electron chi connectivity index (χ2n) is 10.3. The Labute approximate surface area is 223 Å². The number of benzene rings is 1. The molecule has 2 aliphatic heterocycles. The molecule has 204 valence electrons. The van der Waals surface area contributed by atoms with Crippen molar-refractivity contribution in [3.05, 3.63) is 47.2 Å². The standard InChI is InChI=1S/C25H31BF2N4O5S/c1-24(2)25(3,4)37-26(36-24)14-12-16(23(30-13-14)31-18-8-6-7-11-35-18)20(29)22(33)15-9-10-17(27)21(19(15)28)32-38(5)34/h9-10,12-13,18,29,32H,6-8,11H2,1-5H3,(H,30,31). The fraction of sp³-hybridized carbons (Fsp3) is 0.480. The summed E-state index contributed by atoms with van der Waals surface area (Å²) in [7, 11) is -2.60. The fourth-order valence-corrected chi connectivity index (χ4v) is 4.60. The van der Waals surface area contributed by atoms with Crippen LogP contribution in [0.4, 0.5) is 20.3 Å². The second-order valence-corrected chi connectivity index (χ2v) is 11.4. The van der Waals surface area contributed by atoms with Crippen molar-refractivity contribution in [1.29, 1.82) is 5.41 Å². The highest BCUT2D eigenvalue weighted by Gasteiger charge is 2.52. The molecule has 0 bridgehead atoms. The first-order valence-electron chi connectivity index (χ1n) is 12.3. The molecule has 0 spiro atoms. The smallest absolute Gasteiger partial charge is 0.399 e. The van der Waals surface area contributed by atoms with Crippen LogP contribution in [0.5, 0.6) is 0 Å². The Morgan fingerprint density at radius 3 is 2.45 bits per heavy atom. The molecule has 0 aliphatic carbocycles. The summed E-state index contributed by atoms with van der Waals surface area (Å²) < 4.78 is 61.0. The lowest BCUT2D eigenvalue weighted by molar-refractivity contribution is 0.00578. The van der Waals surface area contributed by atoms with Gasteiger partial charge < -0.3 is 24.1 Å². The molecule has 2 unspecified atom stereocenters. The van der Waals surface area contributed by atoms with E-state index in [1.165, 1.54) is 12.5 Å². The summed E-state index contributed by atoms with van der Waals surface area (Å²) in [5.74, 6) is -3.06. The lowest BCUT2D eigenvalue weighted by Crippen LogP contribution is -2.41. The van der Waals surface area contributed by atoms with Crippen molar-refractivity contribution >= 4 is 46.6 Å². The summed E-state index contributed by atoms with van der Waals surface area (Å²) in [5, 5.41) is 11.9. The molecular formula is C25H31BF2N4O5S. The minimum atomic E-state index is -1.79. The van der Waals surface area contributed by atoms with Gasteiger partial charge in [-0.15, -0.1) is 0 Å². The first-order valence-corrected chi connectivity index (χ1v) is 13.8. The molecular weight excluding hydrogens is 517 g/mol. The lowest BCUT2D eigenvalue weighted by atomic mass is 9.79. The molecule has 2 saturated heterocycles. The number of aromatic nitrogens is 1. The number of carbonyl (C=O) groups excluding carboxylic acids is 1. The molecule has 3 heterocycles. The highest BCUT2D eigenvalue weighted by molar-refractivity contribution is 7.85. The molecule has 2 atom stereocenters. The van der Waals surface area contributed by atoms with E-state index in [0.717, 1.165) is 25.0 Å². The number of ketones is 1. The average molecular weight is 548 g/mol. The van der Waals surface area contributed by atoms with E-state index in [1.807, 2.05) is 27.7 Å². The van der Waals surface area contributed by atoms with Crippen LogP contribution in [0, 0.1) is 17.0 Å². The maximum Gasteiger partial charge on any atom is 0.496 e. The van der Waals surface area contributed by atoms with E-state index in [1.54, 1.807) is 6.07 Å². The summed E-state index contributed by atoms with van der Waals surface area (Å²) in [5.41, 5.74) is -2.55. The van der Waals surface area contributed by atoms with Gasteiger partial charge in [-0.25, -0.2) is 18.0 Å². The number of nitrogens with one attached hydrogen (secondary N) is 3. The second kappa shape index (κ2) is 10.8. The third-order valence-corrected chi connectivity index (χ3v) is 7.48. The largest absolute Gasteiger partial charge is 0.496 e. The molecule has 4 rings (SSSR count). The van der Waals surface area contributed by atoms with Crippen molar-refractivity contribution in [2.75, 3.05) is 22.9 Å². The van der Waals surface area contributed by atoms with Gasteiger partial charge in [-0.1, -0.05) is 0 Å². The molecule has 1 aromatic carbocycles. The highest BCUT2D eigenvalue weighted by atomic mass is 32.2. The Balaban J connectivity index is 1.72. The topological polar surface area (TPSA) is 123 Å². The summed E-state index contributed by atoms with van der Waals surface area (Å²) in [6.07, 6.45) is 4.93. The molecule has 13 heteroatoms. The van der Waals surface area contributed by atoms with Gasteiger partial charge in [0.15, 0.2) is 5.82 Å². The number of anilines is 2. The van der Waals surface area contributed by atoms with Crippen molar-refractivity contribution in [2.45, 2.75) is 64.4 Å². The van der Waals surface area contributed by atoms with Crippen molar-refractivity contribution in [3.63, 3.8) is 0 Å². The van der Waals surface area contributed by atoms with E-state index in [9.17, 15) is 13.4 Å². The van der Waals surface area contributed by atoms with Crippen molar-refractivity contribution in [3.8, 4) is 0 Å². The van der Waals surface area contributed by atoms with Gasteiger partial charge in [-0.2, -0.15) is 0 Å². The van der Waals surface area contributed by atoms with E-state index in [-0.39, 0.29) is 17.6 Å². The van der Waals surface area contributed by atoms with Crippen LogP contribution < -0.4 is 15.5 Å². The predicted molar refractivity (Wildman–Crippen MR) is 142 cm³/mol. The molecule has 2 aliphatic rings. The van der Waals surface area contributed by atoms with E-state index in [4.69, 9.17) is 19.5 Å². The van der Waals surface area contributed by atoms with Crippen molar-refractivity contribution in [1.82, 2.24) is 4.98 Å². The third-order valence-electron chi connectivity index (χ3n) is 6.99. The minimum Gasteiger partial charge on any atom is -0.399 e. The van der Waals surface area contributed by atoms with Gasteiger partial charge in [-0.05, 0) is 65.2 Å². The van der Waals surface area contributed by atoms with Gasteiger partial charge in [-0.3, -0.25) is 10.2 Å². The van der Waals surface area contributed by atoms with Gasteiger partial charge in [0.25, 0.3) is 0 Å². The van der Waals surface area contributed by atoms with Gasteiger partial charge in [0.05, 0.1) is 16.8 Å². The zero-order chi connectivity index (χ0) is 27.8. The van der Waals surface area contributed by atoms with Gasteiger partial charge in [0.2, 0.25) is 5.78 Å².